The van der Waals surface area contributed by atoms with E-state index < -0.39 is 0 Å². The van der Waals surface area contributed by atoms with Gasteiger partial charge in [0.25, 0.3) is 11.8 Å². The van der Waals surface area contributed by atoms with E-state index >= 15 is 0 Å². The number of anilines is 2. The van der Waals surface area contributed by atoms with Crippen molar-refractivity contribution >= 4 is 34.0 Å². The summed E-state index contributed by atoms with van der Waals surface area (Å²) in [5, 5.41) is 0.486. The molecule has 2 N–H and O–H groups in total. The SMILES string of the molecule is Nc1ccc2c(c1)C(=O)N(c1nc3c(s1)CCC3)C2=O. The van der Waals surface area contributed by atoms with Crippen LogP contribution in [-0.4, -0.2) is 16.8 Å². The Morgan fingerprint density at radius 2 is 1.95 bits per heavy atom. The normalized spacial score (nSPS) is 16.7. The molecule has 4 rings (SSSR count). The molecular weight excluding hydrogens is 274 g/mol. The molecule has 2 aliphatic rings. The molecule has 5 nitrogen and oxygen atoms in total. The number of benzene rings is 1. The lowest BCUT2D eigenvalue weighted by atomic mass is 10.1. The second-order valence-electron chi connectivity index (χ2n) is 4.97. The molecular formula is C14H11N3O2S. The van der Waals surface area contributed by atoms with Gasteiger partial charge in [-0.3, -0.25) is 9.59 Å². The van der Waals surface area contributed by atoms with Crippen molar-refractivity contribution in [2.75, 3.05) is 10.6 Å². The fraction of sp³-hybridized carbons (Fsp3) is 0.214. The first-order valence-corrected chi connectivity index (χ1v) is 7.23. The monoisotopic (exact) mass is 285 g/mol. The van der Waals surface area contributed by atoms with Crippen LogP contribution in [0.2, 0.25) is 0 Å². The summed E-state index contributed by atoms with van der Waals surface area (Å²) in [6, 6.07) is 4.79. The number of amides is 2. The van der Waals surface area contributed by atoms with Crippen molar-refractivity contribution in [1.82, 2.24) is 4.98 Å². The lowest BCUT2D eigenvalue weighted by molar-refractivity contribution is 0.0926. The van der Waals surface area contributed by atoms with Crippen molar-refractivity contribution in [2.45, 2.75) is 19.3 Å². The lowest BCUT2D eigenvalue weighted by Gasteiger charge is -2.09. The van der Waals surface area contributed by atoms with Gasteiger partial charge >= 0.3 is 0 Å². The smallest absolute Gasteiger partial charge is 0.268 e. The van der Waals surface area contributed by atoms with Crippen LogP contribution in [0.15, 0.2) is 18.2 Å². The van der Waals surface area contributed by atoms with Crippen LogP contribution >= 0.6 is 11.3 Å². The van der Waals surface area contributed by atoms with Crippen molar-refractivity contribution in [1.29, 1.82) is 0 Å². The third-order valence-corrected chi connectivity index (χ3v) is 4.83. The number of carbonyl (C=O) groups excluding carboxylic acids is 2. The van der Waals surface area contributed by atoms with E-state index in [1.54, 1.807) is 18.2 Å². The molecule has 0 radical (unpaired) electrons. The first kappa shape index (κ1) is 11.6. The van der Waals surface area contributed by atoms with Gasteiger partial charge in [-0.25, -0.2) is 9.88 Å². The number of nitrogens with zero attached hydrogens (tertiary/aromatic N) is 2. The van der Waals surface area contributed by atoms with Gasteiger partial charge in [0, 0.05) is 10.6 Å². The second-order valence-corrected chi connectivity index (χ2v) is 6.03. The fourth-order valence-electron chi connectivity index (χ4n) is 2.70. The number of aryl methyl sites for hydroxylation is 2. The van der Waals surface area contributed by atoms with E-state index in [0.29, 0.717) is 21.9 Å². The van der Waals surface area contributed by atoms with Crippen LogP contribution in [-0.2, 0) is 12.8 Å². The molecule has 20 heavy (non-hydrogen) atoms. The summed E-state index contributed by atoms with van der Waals surface area (Å²) in [5.74, 6) is -0.637. The van der Waals surface area contributed by atoms with E-state index in [1.807, 2.05) is 0 Å². The standard InChI is InChI=1S/C14H11N3O2S/c15-7-4-5-8-9(6-7)13(19)17(12(8)18)14-16-10-2-1-3-11(10)20-14/h4-6H,1-3,15H2. The number of imide groups is 1. The third kappa shape index (κ3) is 1.45. The summed E-state index contributed by atoms with van der Waals surface area (Å²) >= 11 is 1.44. The molecule has 2 aromatic rings. The average molecular weight is 285 g/mol. The summed E-state index contributed by atoms with van der Waals surface area (Å²) < 4.78 is 0. The van der Waals surface area contributed by atoms with Crippen LogP contribution in [0.3, 0.4) is 0 Å². The zero-order valence-electron chi connectivity index (χ0n) is 10.5. The Balaban J connectivity index is 1.80. The minimum atomic E-state index is -0.329. The zero-order valence-corrected chi connectivity index (χ0v) is 11.4. The summed E-state index contributed by atoms with van der Waals surface area (Å²) in [7, 11) is 0. The van der Waals surface area contributed by atoms with Gasteiger partial charge in [-0.05, 0) is 37.5 Å². The quantitative estimate of drug-likeness (QED) is 0.642. The number of hydrogen-bond donors (Lipinski definition) is 1. The summed E-state index contributed by atoms with van der Waals surface area (Å²) in [6.07, 6.45) is 3.03. The molecule has 1 aliphatic heterocycles. The Kier molecular flexibility index (Phi) is 2.26. The molecule has 6 heteroatoms. The average Bonchev–Trinajstić information content (AvgIpc) is 3.04. The van der Waals surface area contributed by atoms with Gasteiger partial charge in [0.15, 0.2) is 5.13 Å². The number of rotatable bonds is 1. The molecule has 1 aromatic carbocycles. The number of fused-ring (bicyclic) bond motifs is 2. The van der Waals surface area contributed by atoms with Crippen LogP contribution in [0, 0.1) is 0 Å². The number of aromatic nitrogens is 1. The maximum Gasteiger partial charge on any atom is 0.268 e. The maximum atomic E-state index is 12.4. The maximum absolute atomic E-state index is 12.4. The number of nitrogen functional groups attached to an aromatic ring is 1. The van der Waals surface area contributed by atoms with Crippen LogP contribution in [0.25, 0.3) is 0 Å². The van der Waals surface area contributed by atoms with E-state index in [4.69, 9.17) is 5.73 Å². The molecule has 2 heterocycles. The zero-order chi connectivity index (χ0) is 13.9. The van der Waals surface area contributed by atoms with E-state index in [0.717, 1.165) is 25.0 Å². The Morgan fingerprint density at radius 3 is 2.75 bits per heavy atom. The van der Waals surface area contributed by atoms with Gasteiger partial charge in [-0.15, -0.1) is 11.3 Å². The number of nitrogens with two attached hydrogens (primary N) is 1. The van der Waals surface area contributed by atoms with Crippen molar-refractivity contribution < 1.29 is 9.59 Å². The number of hydrogen-bond acceptors (Lipinski definition) is 5. The molecule has 0 spiro atoms. The van der Waals surface area contributed by atoms with Gasteiger partial charge < -0.3 is 5.73 Å². The largest absolute Gasteiger partial charge is 0.399 e. The van der Waals surface area contributed by atoms with Gasteiger partial charge in [-0.2, -0.15) is 0 Å². The van der Waals surface area contributed by atoms with Crippen LogP contribution < -0.4 is 10.6 Å². The molecule has 100 valence electrons. The Hall–Kier alpha value is -2.21. The van der Waals surface area contributed by atoms with Crippen LogP contribution in [0.4, 0.5) is 10.8 Å². The third-order valence-electron chi connectivity index (χ3n) is 3.69. The number of carbonyl (C=O) groups is 2. The first-order valence-electron chi connectivity index (χ1n) is 6.42. The molecule has 0 fully saturated rings. The Morgan fingerprint density at radius 1 is 1.15 bits per heavy atom. The molecule has 1 aromatic heterocycles. The van der Waals surface area contributed by atoms with Gasteiger partial charge in [0.05, 0.1) is 16.8 Å². The Bertz CT molecular complexity index is 744. The molecule has 0 saturated carbocycles. The summed E-state index contributed by atoms with van der Waals surface area (Å²) in [4.78, 5) is 31.6. The Labute approximate surface area is 119 Å². The summed E-state index contributed by atoms with van der Waals surface area (Å²) in [5.41, 5.74) is 7.96. The van der Waals surface area contributed by atoms with Crippen molar-refractivity contribution in [2.24, 2.45) is 0 Å². The van der Waals surface area contributed by atoms with Gasteiger partial charge in [0.1, 0.15) is 0 Å². The van der Waals surface area contributed by atoms with E-state index in [2.05, 4.69) is 4.98 Å². The predicted molar refractivity (Wildman–Crippen MR) is 76.1 cm³/mol. The molecule has 1 aliphatic carbocycles. The minimum absolute atomic E-state index is 0.308. The van der Waals surface area contributed by atoms with E-state index in [1.165, 1.54) is 21.1 Å². The fourth-order valence-corrected chi connectivity index (χ4v) is 3.85. The summed E-state index contributed by atoms with van der Waals surface area (Å²) in [6.45, 7) is 0. The van der Waals surface area contributed by atoms with Gasteiger partial charge in [0.2, 0.25) is 0 Å². The molecule has 2 amide bonds. The highest BCUT2D eigenvalue weighted by molar-refractivity contribution is 7.16. The van der Waals surface area contributed by atoms with Crippen molar-refractivity contribution in [3.05, 3.63) is 39.9 Å². The first-order chi connectivity index (χ1) is 9.65. The highest BCUT2D eigenvalue weighted by Gasteiger charge is 2.39. The molecule has 0 atom stereocenters. The molecule has 0 saturated heterocycles. The highest BCUT2D eigenvalue weighted by Crippen LogP contribution is 2.36. The lowest BCUT2D eigenvalue weighted by Crippen LogP contribution is -2.29. The van der Waals surface area contributed by atoms with Gasteiger partial charge in [-0.1, -0.05) is 0 Å². The van der Waals surface area contributed by atoms with Crippen molar-refractivity contribution in [3.8, 4) is 0 Å². The van der Waals surface area contributed by atoms with E-state index in [9.17, 15) is 9.59 Å². The van der Waals surface area contributed by atoms with E-state index in [-0.39, 0.29) is 11.8 Å². The second kappa shape index (κ2) is 3.89. The molecule has 0 unspecified atom stereocenters. The molecule has 0 bridgehead atoms. The number of thiazole rings is 1. The predicted octanol–water partition coefficient (Wildman–Crippen LogP) is 2.01. The highest BCUT2D eigenvalue weighted by atomic mass is 32.1. The topological polar surface area (TPSA) is 76.3 Å². The van der Waals surface area contributed by atoms with Crippen molar-refractivity contribution in [3.63, 3.8) is 0 Å². The minimum Gasteiger partial charge on any atom is -0.399 e. The van der Waals surface area contributed by atoms with Crippen LogP contribution in [0.1, 0.15) is 37.7 Å². The van der Waals surface area contributed by atoms with Crippen LogP contribution in [0.5, 0.6) is 0 Å².